The maximum atomic E-state index is 5.31. The minimum Gasteiger partial charge on any atom is -0.369 e. The minimum atomic E-state index is 0. The van der Waals surface area contributed by atoms with Crippen molar-refractivity contribution in [1.29, 1.82) is 0 Å². The van der Waals surface area contributed by atoms with E-state index in [2.05, 4.69) is 66.8 Å². The Kier molecular flexibility index (Phi) is 8.83. The molecule has 32 heavy (non-hydrogen) atoms. The van der Waals surface area contributed by atoms with E-state index in [1.54, 1.807) is 13.2 Å². The molecule has 4 rings (SSSR count). The van der Waals surface area contributed by atoms with E-state index in [4.69, 9.17) is 4.52 Å². The molecule has 2 N–H and O–H groups in total. The number of guanidine groups is 1. The van der Waals surface area contributed by atoms with E-state index in [9.17, 15) is 0 Å². The Morgan fingerprint density at radius 3 is 2.81 bits per heavy atom. The van der Waals surface area contributed by atoms with Gasteiger partial charge in [-0.05, 0) is 44.0 Å². The molecule has 1 fully saturated rings. The van der Waals surface area contributed by atoms with Crippen molar-refractivity contribution in [2.24, 2.45) is 4.99 Å². The molecule has 0 amide bonds. The molecule has 2 aromatic heterocycles. The number of anilines is 1. The van der Waals surface area contributed by atoms with Crippen molar-refractivity contribution < 1.29 is 4.52 Å². The van der Waals surface area contributed by atoms with E-state index in [0.29, 0.717) is 36.4 Å². The van der Waals surface area contributed by atoms with E-state index in [0.717, 1.165) is 31.9 Å². The second-order valence-corrected chi connectivity index (χ2v) is 7.74. The third-order valence-electron chi connectivity index (χ3n) is 5.38. The molecule has 0 aliphatic carbocycles. The summed E-state index contributed by atoms with van der Waals surface area (Å²) in [6, 6.07) is 14.7. The van der Waals surface area contributed by atoms with Crippen molar-refractivity contribution in [2.45, 2.75) is 32.2 Å². The Hall–Kier alpha value is -2.69. The Morgan fingerprint density at radius 1 is 1.22 bits per heavy atom. The third kappa shape index (κ3) is 6.41. The molecule has 3 heterocycles. The fraction of sp³-hybridized carbons (Fsp3) is 0.391. The minimum absolute atomic E-state index is 0. The molecule has 0 saturated carbocycles. The molecule has 1 unspecified atom stereocenters. The normalized spacial score (nSPS) is 16.4. The Bertz CT molecular complexity index is 991. The third-order valence-corrected chi connectivity index (χ3v) is 5.38. The Morgan fingerprint density at radius 2 is 2.06 bits per heavy atom. The average Bonchev–Trinajstić information content (AvgIpc) is 3.29. The summed E-state index contributed by atoms with van der Waals surface area (Å²) in [5.74, 6) is 1.88. The zero-order valence-corrected chi connectivity index (χ0v) is 20.8. The van der Waals surface area contributed by atoms with Crippen LogP contribution >= 0.6 is 24.0 Å². The van der Waals surface area contributed by atoms with Gasteiger partial charge in [0, 0.05) is 51.0 Å². The van der Waals surface area contributed by atoms with Gasteiger partial charge >= 0.3 is 0 Å². The highest BCUT2D eigenvalue weighted by Gasteiger charge is 2.21. The first-order valence-electron chi connectivity index (χ1n) is 10.7. The van der Waals surface area contributed by atoms with Gasteiger partial charge in [-0.2, -0.15) is 4.98 Å². The molecular formula is C23H30IN7O. The number of aromatic nitrogens is 3. The summed E-state index contributed by atoms with van der Waals surface area (Å²) in [6.45, 7) is 4.83. The molecule has 170 valence electrons. The lowest BCUT2D eigenvalue weighted by molar-refractivity contribution is 0.421. The number of rotatable bonds is 6. The van der Waals surface area contributed by atoms with Crippen LogP contribution in [0.5, 0.6) is 0 Å². The van der Waals surface area contributed by atoms with Gasteiger partial charge in [-0.15, -0.1) is 24.0 Å². The van der Waals surface area contributed by atoms with Crippen molar-refractivity contribution in [3.05, 3.63) is 60.0 Å². The molecule has 0 bridgehead atoms. The predicted molar refractivity (Wildman–Crippen MR) is 138 cm³/mol. The van der Waals surface area contributed by atoms with Crippen LogP contribution in [0.1, 0.15) is 24.2 Å². The van der Waals surface area contributed by atoms with Crippen LogP contribution in [0.3, 0.4) is 0 Å². The van der Waals surface area contributed by atoms with Crippen LogP contribution in [0.4, 0.5) is 5.69 Å². The molecule has 1 aromatic carbocycles. The summed E-state index contributed by atoms with van der Waals surface area (Å²) in [7, 11) is 1.80. The maximum Gasteiger partial charge on any atom is 0.276 e. The number of aryl methyl sites for hydroxylation is 1. The molecule has 0 spiro atoms. The van der Waals surface area contributed by atoms with Crippen molar-refractivity contribution in [3.63, 3.8) is 0 Å². The van der Waals surface area contributed by atoms with Crippen LogP contribution in [0.15, 0.2) is 58.2 Å². The zero-order valence-electron chi connectivity index (χ0n) is 18.5. The van der Waals surface area contributed by atoms with E-state index in [-0.39, 0.29) is 24.0 Å². The first-order valence-corrected chi connectivity index (χ1v) is 10.7. The number of pyridine rings is 1. The van der Waals surface area contributed by atoms with E-state index in [1.807, 2.05) is 18.2 Å². The van der Waals surface area contributed by atoms with Gasteiger partial charge in [0.05, 0.1) is 0 Å². The number of nitrogens with one attached hydrogen (secondary N) is 2. The highest BCUT2D eigenvalue weighted by Crippen LogP contribution is 2.20. The first-order chi connectivity index (χ1) is 15.2. The molecule has 3 aromatic rings. The quantitative estimate of drug-likeness (QED) is 0.278. The van der Waals surface area contributed by atoms with Crippen LogP contribution < -0.4 is 15.5 Å². The fourth-order valence-corrected chi connectivity index (χ4v) is 3.71. The fourth-order valence-electron chi connectivity index (χ4n) is 3.71. The monoisotopic (exact) mass is 547 g/mol. The second-order valence-electron chi connectivity index (χ2n) is 7.74. The highest BCUT2D eigenvalue weighted by molar-refractivity contribution is 14.0. The van der Waals surface area contributed by atoms with E-state index >= 15 is 0 Å². The second kappa shape index (κ2) is 11.8. The van der Waals surface area contributed by atoms with Crippen molar-refractivity contribution >= 4 is 35.6 Å². The average molecular weight is 547 g/mol. The Labute approximate surface area is 205 Å². The number of hydrogen-bond donors (Lipinski definition) is 2. The number of piperidine rings is 1. The topological polar surface area (TPSA) is 91.5 Å². The Balaban J connectivity index is 0.00000289. The van der Waals surface area contributed by atoms with Gasteiger partial charge in [0.25, 0.3) is 5.89 Å². The molecule has 1 atom stereocenters. The number of benzene rings is 1. The molecule has 9 heteroatoms. The summed E-state index contributed by atoms with van der Waals surface area (Å²) < 4.78 is 5.31. The first kappa shape index (κ1) is 24.0. The van der Waals surface area contributed by atoms with E-state index < -0.39 is 0 Å². The number of aliphatic imine (C=N–C) groups is 1. The summed E-state index contributed by atoms with van der Waals surface area (Å²) in [5.41, 5.74) is 3.25. The summed E-state index contributed by atoms with van der Waals surface area (Å²) in [5, 5.41) is 11.0. The zero-order chi connectivity index (χ0) is 21.5. The van der Waals surface area contributed by atoms with Gasteiger partial charge in [0.1, 0.15) is 5.69 Å². The van der Waals surface area contributed by atoms with Gasteiger partial charge < -0.3 is 20.1 Å². The van der Waals surface area contributed by atoms with E-state index in [1.165, 1.54) is 11.3 Å². The lowest BCUT2D eigenvalue weighted by Crippen LogP contribution is -2.51. The van der Waals surface area contributed by atoms with Crippen molar-refractivity contribution in [2.75, 3.05) is 31.6 Å². The van der Waals surface area contributed by atoms with Crippen molar-refractivity contribution in [1.82, 2.24) is 25.8 Å². The summed E-state index contributed by atoms with van der Waals surface area (Å²) in [4.78, 5) is 15.5. The van der Waals surface area contributed by atoms with Gasteiger partial charge in [0.2, 0.25) is 0 Å². The molecular weight excluding hydrogens is 517 g/mol. The molecule has 1 aliphatic heterocycles. The van der Waals surface area contributed by atoms with Crippen LogP contribution in [0, 0.1) is 6.92 Å². The number of hydrogen-bond acceptors (Lipinski definition) is 6. The summed E-state index contributed by atoms with van der Waals surface area (Å²) >= 11 is 0. The largest absolute Gasteiger partial charge is 0.369 e. The van der Waals surface area contributed by atoms with Gasteiger partial charge in [0.15, 0.2) is 11.8 Å². The lowest BCUT2D eigenvalue weighted by atomic mass is 10.0. The molecule has 1 saturated heterocycles. The van der Waals surface area contributed by atoms with Crippen LogP contribution in [-0.2, 0) is 6.42 Å². The van der Waals surface area contributed by atoms with Crippen LogP contribution in [0.25, 0.3) is 11.6 Å². The van der Waals surface area contributed by atoms with Gasteiger partial charge in [-0.3, -0.25) is 9.98 Å². The molecule has 0 radical (unpaired) electrons. The van der Waals surface area contributed by atoms with Crippen LogP contribution in [-0.4, -0.2) is 53.8 Å². The predicted octanol–water partition coefficient (Wildman–Crippen LogP) is 3.43. The number of nitrogens with zero attached hydrogens (tertiary/aromatic N) is 5. The molecule has 1 aliphatic rings. The standard InChI is InChI=1S/C23H29N7O.HI/c1-17-8-10-19(11-9-17)30-15-5-6-18(16-30)27-23(24-2)26-14-12-21-28-22(31-29-21)20-7-3-4-13-25-20;/h3-4,7-11,13,18H,5-6,12,14-16H2,1-2H3,(H2,24,26,27);1H. The van der Waals surface area contributed by atoms with Crippen molar-refractivity contribution in [3.8, 4) is 11.6 Å². The summed E-state index contributed by atoms with van der Waals surface area (Å²) in [6.07, 6.45) is 4.63. The number of halogens is 1. The van der Waals surface area contributed by atoms with Gasteiger partial charge in [-0.25, -0.2) is 0 Å². The lowest BCUT2D eigenvalue weighted by Gasteiger charge is -2.35. The van der Waals surface area contributed by atoms with Crippen LogP contribution in [0.2, 0.25) is 0 Å². The highest BCUT2D eigenvalue weighted by atomic mass is 127. The smallest absolute Gasteiger partial charge is 0.276 e. The van der Waals surface area contributed by atoms with Gasteiger partial charge in [-0.1, -0.05) is 28.9 Å². The molecule has 8 nitrogen and oxygen atoms in total. The SMILES string of the molecule is CN=C(NCCc1noc(-c2ccccn2)n1)NC1CCCN(c2ccc(C)cc2)C1.I. The maximum absolute atomic E-state index is 5.31.